The second-order valence-electron chi connectivity index (χ2n) is 9.22. The van der Waals surface area contributed by atoms with Crippen LogP contribution in [0.4, 0.5) is 0 Å². The first-order chi connectivity index (χ1) is 17.5. The lowest BCUT2D eigenvalue weighted by atomic mass is 10.1. The minimum Gasteiger partial charge on any atom is -0.339 e. The summed E-state index contributed by atoms with van der Waals surface area (Å²) >= 11 is 1.34. The summed E-state index contributed by atoms with van der Waals surface area (Å²) in [7, 11) is 0. The van der Waals surface area contributed by atoms with Crippen LogP contribution in [0.1, 0.15) is 16.7 Å². The highest BCUT2D eigenvalue weighted by Gasteiger charge is 2.23. The van der Waals surface area contributed by atoms with Crippen molar-refractivity contribution in [2.24, 2.45) is 0 Å². The van der Waals surface area contributed by atoms with Crippen molar-refractivity contribution in [1.29, 1.82) is 0 Å². The molecular weight excluding hydrogens is 468 g/mol. The predicted molar refractivity (Wildman–Crippen MR) is 146 cm³/mol. The number of fused-ring (bicyclic) bond motifs is 1. The largest absolute Gasteiger partial charge is 0.339 e. The zero-order valence-electron chi connectivity index (χ0n) is 20.7. The van der Waals surface area contributed by atoms with Crippen molar-refractivity contribution < 1.29 is 4.79 Å². The molecule has 0 atom stereocenters. The number of aryl methyl sites for hydroxylation is 2. The van der Waals surface area contributed by atoms with Crippen LogP contribution < -0.4 is 5.56 Å². The third kappa shape index (κ3) is 5.08. The molecule has 0 radical (unpaired) electrons. The Morgan fingerprint density at radius 2 is 1.53 bits per heavy atom. The van der Waals surface area contributed by atoms with Gasteiger partial charge in [0.1, 0.15) is 0 Å². The summed E-state index contributed by atoms with van der Waals surface area (Å²) < 4.78 is 1.68. The zero-order valence-corrected chi connectivity index (χ0v) is 21.5. The third-order valence-corrected chi connectivity index (χ3v) is 7.63. The lowest BCUT2D eigenvalue weighted by Crippen LogP contribution is -2.48. The van der Waals surface area contributed by atoms with E-state index in [2.05, 4.69) is 29.2 Å². The maximum absolute atomic E-state index is 13.6. The third-order valence-electron chi connectivity index (χ3n) is 6.71. The average Bonchev–Trinajstić information content (AvgIpc) is 2.89. The summed E-state index contributed by atoms with van der Waals surface area (Å²) in [5.74, 6) is 0.323. The van der Waals surface area contributed by atoms with Crippen LogP contribution in [0.2, 0.25) is 0 Å². The number of rotatable bonds is 6. The Morgan fingerprint density at radius 1 is 0.861 bits per heavy atom. The number of benzene rings is 3. The highest BCUT2D eigenvalue weighted by Crippen LogP contribution is 2.26. The molecule has 36 heavy (non-hydrogen) atoms. The van der Waals surface area contributed by atoms with Crippen molar-refractivity contribution >= 4 is 28.6 Å². The summed E-state index contributed by atoms with van der Waals surface area (Å²) in [5.41, 5.74) is 4.66. The van der Waals surface area contributed by atoms with Gasteiger partial charge in [0.05, 0.1) is 22.3 Å². The summed E-state index contributed by atoms with van der Waals surface area (Å²) in [6.07, 6.45) is 0. The molecule has 6 nitrogen and oxygen atoms in total. The van der Waals surface area contributed by atoms with Crippen LogP contribution in [0.25, 0.3) is 16.6 Å². The van der Waals surface area contributed by atoms with Crippen molar-refractivity contribution in [2.45, 2.75) is 25.5 Å². The van der Waals surface area contributed by atoms with Crippen LogP contribution in [0.15, 0.2) is 82.7 Å². The monoisotopic (exact) mass is 498 g/mol. The van der Waals surface area contributed by atoms with Gasteiger partial charge in [0.2, 0.25) is 5.91 Å². The number of thioether (sulfide) groups is 1. The molecular formula is C29H30N4O2S. The number of amides is 1. The first kappa shape index (κ1) is 24.3. The van der Waals surface area contributed by atoms with Gasteiger partial charge >= 0.3 is 0 Å². The predicted octanol–water partition coefficient (Wildman–Crippen LogP) is 4.44. The summed E-state index contributed by atoms with van der Waals surface area (Å²) in [5, 5.41) is 1.12. The second kappa shape index (κ2) is 10.7. The Hall–Kier alpha value is -3.42. The van der Waals surface area contributed by atoms with Crippen LogP contribution >= 0.6 is 11.8 Å². The van der Waals surface area contributed by atoms with E-state index in [4.69, 9.17) is 4.98 Å². The van der Waals surface area contributed by atoms with Crippen LogP contribution in [-0.4, -0.2) is 57.2 Å². The summed E-state index contributed by atoms with van der Waals surface area (Å²) in [4.78, 5) is 35.9. The molecule has 5 rings (SSSR count). The number of carbonyl (C=O) groups is 1. The molecule has 2 heterocycles. The van der Waals surface area contributed by atoms with Crippen molar-refractivity contribution in [3.63, 3.8) is 0 Å². The topological polar surface area (TPSA) is 58.4 Å². The van der Waals surface area contributed by atoms with Crippen LogP contribution in [0.5, 0.6) is 0 Å². The van der Waals surface area contributed by atoms with E-state index in [1.807, 2.05) is 67.3 Å². The lowest BCUT2D eigenvalue weighted by molar-refractivity contribution is -0.130. The normalized spacial score (nSPS) is 14.3. The van der Waals surface area contributed by atoms with E-state index in [0.717, 1.165) is 36.4 Å². The molecule has 0 unspecified atom stereocenters. The number of carbonyl (C=O) groups excluding carboxylic acids is 1. The smallest absolute Gasteiger partial charge is 0.266 e. The van der Waals surface area contributed by atoms with Gasteiger partial charge < -0.3 is 4.90 Å². The van der Waals surface area contributed by atoms with Crippen molar-refractivity contribution in [1.82, 2.24) is 19.4 Å². The van der Waals surface area contributed by atoms with Gasteiger partial charge in [0.25, 0.3) is 5.56 Å². The maximum atomic E-state index is 13.6. The lowest BCUT2D eigenvalue weighted by Gasteiger charge is -2.34. The molecule has 0 bridgehead atoms. The molecule has 3 aromatic carbocycles. The van der Waals surface area contributed by atoms with Crippen LogP contribution in [0, 0.1) is 13.8 Å². The Kier molecular flexibility index (Phi) is 7.20. The van der Waals surface area contributed by atoms with Crippen molar-refractivity contribution in [2.75, 3.05) is 31.9 Å². The Morgan fingerprint density at radius 3 is 2.25 bits per heavy atom. The highest BCUT2D eigenvalue weighted by atomic mass is 32.2. The number of aromatic nitrogens is 2. The van der Waals surface area contributed by atoms with Crippen LogP contribution in [0.3, 0.4) is 0 Å². The number of hydrogen-bond acceptors (Lipinski definition) is 5. The minimum absolute atomic E-state index is 0.0785. The molecule has 0 N–H and O–H groups in total. The first-order valence-corrected chi connectivity index (χ1v) is 13.2. The SMILES string of the molecule is Cc1cccc(C)c1-n1c(SCC(=O)N2CCN(Cc3ccccc3)CC2)nc2ccccc2c1=O. The molecule has 0 spiro atoms. The molecule has 184 valence electrons. The fourth-order valence-electron chi connectivity index (χ4n) is 4.78. The van der Waals surface area contributed by atoms with E-state index >= 15 is 0 Å². The molecule has 0 aliphatic carbocycles. The summed E-state index contributed by atoms with van der Waals surface area (Å²) in [6.45, 7) is 8.03. The molecule has 1 aliphatic rings. The van der Waals surface area contributed by atoms with E-state index in [-0.39, 0.29) is 17.2 Å². The summed E-state index contributed by atoms with van der Waals surface area (Å²) in [6, 6.07) is 23.8. The van der Waals surface area contributed by atoms with Gasteiger partial charge in [-0.15, -0.1) is 0 Å². The molecule has 1 aliphatic heterocycles. The van der Waals surface area contributed by atoms with Gasteiger partial charge in [-0.3, -0.25) is 19.1 Å². The standard InChI is InChI=1S/C29H30N4O2S/c1-21-9-8-10-22(2)27(21)33-28(35)24-13-6-7-14-25(24)30-29(33)36-20-26(34)32-17-15-31(16-18-32)19-23-11-4-3-5-12-23/h3-14H,15-20H2,1-2H3. The molecule has 1 saturated heterocycles. The molecule has 4 aromatic rings. The Balaban J connectivity index is 1.34. The van der Waals surface area contributed by atoms with Gasteiger partial charge in [-0.05, 0) is 42.7 Å². The molecule has 1 amide bonds. The first-order valence-electron chi connectivity index (χ1n) is 12.3. The molecule has 1 fully saturated rings. The number of hydrogen-bond donors (Lipinski definition) is 0. The van der Waals surface area contributed by atoms with Gasteiger partial charge in [0.15, 0.2) is 5.16 Å². The fourth-order valence-corrected chi connectivity index (χ4v) is 5.68. The van der Waals surface area contributed by atoms with Gasteiger partial charge in [0, 0.05) is 32.7 Å². The number of nitrogens with zero attached hydrogens (tertiary/aromatic N) is 4. The number of para-hydroxylation sites is 2. The molecule has 1 aromatic heterocycles. The van der Waals surface area contributed by atoms with E-state index < -0.39 is 0 Å². The number of piperazine rings is 1. The van der Waals surface area contributed by atoms with Gasteiger partial charge in [-0.25, -0.2) is 4.98 Å². The Bertz CT molecular complexity index is 1420. The quantitative estimate of drug-likeness (QED) is 0.291. The highest BCUT2D eigenvalue weighted by molar-refractivity contribution is 7.99. The fraction of sp³-hybridized carbons (Fsp3) is 0.276. The second-order valence-corrected chi connectivity index (χ2v) is 10.2. The van der Waals surface area contributed by atoms with E-state index in [9.17, 15) is 9.59 Å². The van der Waals surface area contributed by atoms with Gasteiger partial charge in [-0.2, -0.15) is 0 Å². The van der Waals surface area contributed by atoms with E-state index in [0.29, 0.717) is 29.1 Å². The van der Waals surface area contributed by atoms with Crippen molar-refractivity contribution in [3.05, 3.63) is 99.8 Å². The van der Waals surface area contributed by atoms with E-state index in [1.54, 1.807) is 4.57 Å². The molecule has 7 heteroatoms. The van der Waals surface area contributed by atoms with Crippen LogP contribution in [-0.2, 0) is 11.3 Å². The molecule has 0 saturated carbocycles. The van der Waals surface area contributed by atoms with Crippen molar-refractivity contribution in [3.8, 4) is 5.69 Å². The Labute approximate surface area is 215 Å². The zero-order chi connectivity index (χ0) is 25.1. The maximum Gasteiger partial charge on any atom is 0.266 e. The van der Waals surface area contributed by atoms with E-state index in [1.165, 1.54) is 17.3 Å². The van der Waals surface area contributed by atoms with Gasteiger partial charge in [-0.1, -0.05) is 72.4 Å². The minimum atomic E-state index is -0.109. The average molecular weight is 499 g/mol.